The van der Waals surface area contributed by atoms with Gasteiger partial charge < -0.3 is 42.6 Å². The van der Waals surface area contributed by atoms with Crippen molar-refractivity contribution >= 4 is 45.8 Å². The van der Waals surface area contributed by atoms with Crippen LogP contribution in [0.5, 0.6) is 5.75 Å². The van der Waals surface area contributed by atoms with Gasteiger partial charge in [0.15, 0.2) is 5.79 Å². The van der Waals surface area contributed by atoms with E-state index in [1.165, 1.54) is 27.9 Å². The maximum Gasteiger partial charge on any atom is 0.319 e. The highest BCUT2D eigenvalue weighted by atomic mass is 79.9. The van der Waals surface area contributed by atoms with Gasteiger partial charge in [-0.05, 0) is 48.4 Å². The minimum absolute atomic E-state index is 0.00250. The molecule has 14 nitrogen and oxygen atoms in total. The van der Waals surface area contributed by atoms with Crippen molar-refractivity contribution in [3.8, 4) is 5.75 Å². The van der Waals surface area contributed by atoms with Crippen LogP contribution in [0, 0.1) is 34.5 Å². The first-order valence-corrected chi connectivity index (χ1v) is 18.6. The monoisotopic (exact) mass is 806 g/mol. The highest BCUT2D eigenvalue weighted by molar-refractivity contribution is 9.09. The van der Waals surface area contributed by atoms with E-state index in [-0.39, 0.29) is 42.2 Å². The van der Waals surface area contributed by atoms with Crippen molar-refractivity contribution in [3.05, 3.63) is 42.0 Å². The largest absolute Gasteiger partial charge is 0.497 e. The molecule has 4 saturated carbocycles. The Labute approximate surface area is 316 Å². The first-order chi connectivity index (χ1) is 25.2. The van der Waals surface area contributed by atoms with E-state index in [0.717, 1.165) is 17.7 Å². The number of methoxy groups -OCH3 is 3. The summed E-state index contributed by atoms with van der Waals surface area (Å²) in [7, 11) is 4.36. The van der Waals surface area contributed by atoms with Crippen LogP contribution in [0.2, 0.25) is 0 Å². The minimum Gasteiger partial charge on any atom is -0.497 e. The van der Waals surface area contributed by atoms with Gasteiger partial charge in [-0.15, -0.1) is 0 Å². The molecule has 0 N–H and O–H groups in total. The van der Waals surface area contributed by atoms with Gasteiger partial charge in [0.25, 0.3) is 0 Å². The van der Waals surface area contributed by atoms with Crippen LogP contribution in [-0.4, -0.2) is 99.4 Å². The van der Waals surface area contributed by atoms with Gasteiger partial charge in [0, 0.05) is 46.1 Å². The number of hydrogen-bond donors (Lipinski definition) is 0. The molecule has 1 aromatic carbocycles. The number of fused-ring (bicyclic) bond motifs is 2. The van der Waals surface area contributed by atoms with Gasteiger partial charge in [0.1, 0.15) is 36.6 Å². The van der Waals surface area contributed by atoms with Gasteiger partial charge in [-0.2, -0.15) is 0 Å². The van der Waals surface area contributed by atoms with Crippen LogP contribution in [0.4, 0.5) is 0 Å². The second-order valence-corrected chi connectivity index (χ2v) is 15.7. The van der Waals surface area contributed by atoms with Crippen molar-refractivity contribution in [1.82, 2.24) is 0 Å². The summed E-state index contributed by atoms with van der Waals surface area (Å²) < 4.78 is 53.3. The van der Waals surface area contributed by atoms with Crippen LogP contribution in [-0.2, 0) is 68.5 Å². The van der Waals surface area contributed by atoms with E-state index >= 15 is 0 Å². The summed E-state index contributed by atoms with van der Waals surface area (Å²) in [4.78, 5) is 65.2. The van der Waals surface area contributed by atoms with E-state index in [1.54, 1.807) is 14.2 Å². The lowest BCUT2D eigenvalue weighted by atomic mass is 9.44. The van der Waals surface area contributed by atoms with Gasteiger partial charge >= 0.3 is 29.8 Å². The summed E-state index contributed by atoms with van der Waals surface area (Å²) in [5.74, 6) is -6.21. The van der Waals surface area contributed by atoms with Crippen LogP contribution in [0.3, 0.4) is 0 Å². The maximum absolute atomic E-state index is 14.2. The molecule has 6 rings (SSSR count). The zero-order chi connectivity index (χ0) is 38.5. The Hall–Kier alpha value is -3.53. The smallest absolute Gasteiger partial charge is 0.319 e. The molecule has 0 radical (unpaired) electrons. The molecule has 1 aromatic rings. The van der Waals surface area contributed by atoms with Crippen molar-refractivity contribution in [2.24, 2.45) is 34.5 Å². The zero-order valence-electron chi connectivity index (χ0n) is 30.8. The number of carbonyl (C=O) groups is 5. The fourth-order valence-electron chi connectivity index (χ4n) is 9.99. The second kappa shape index (κ2) is 15.0. The Morgan fingerprint density at radius 2 is 1.60 bits per heavy atom. The SMILES string of the molecule is C=C1[C@@H]2C(=O)OC[C@@]23[C@@H](OC(C)=O)C[C@@H](OC(C)=O)[C@](COC(C)=O)(C(=O)OC)[C@@H]3C[C@H]1O[C@]1(OC)[C@H]2C[C@@H]([C@H]1Br)[C@H](OCc1ccc(OC)cc1)C2. The average molecular weight is 808 g/mol. The van der Waals surface area contributed by atoms with Crippen LogP contribution in [0.15, 0.2) is 36.4 Å². The van der Waals surface area contributed by atoms with E-state index in [0.29, 0.717) is 18.6 Å². The standard InChI is InChI=1S/C38H47BrO14/c1-19-27(53-38(47-7)24-12-26(33(38)39)28(13-24)48-16-23-8-10-25(45-5)11-9-23)14-29-36(17-50-34(43)32(19)36)30(51-21(3)41)15-31(52-22(4)42)37(29,35(44)46-6)18-49-20(2)40/h8-11,24,26-33H,1,12-18H2,2-7H3/t24-,26+,27+,28+,29+,30-,31+,32+,33+,36+,37+,38+/m0/s1. The molecule has 53 heavy (non-hydrogen) atoms. The lowest BCUT2D eigenvalue weighted by molar-refractivity contribution is -0.287. The highest BCUT2D eigenvalue weighted by Gasteiger charge is 2.77. The van der Waals surface area contributed by atoms with Gasteiger partial charge in [-0.3, -0.25) is 24.0 Å². The molecule has 1 aliphatic heterocycles. The molecule has 15 heteroatoms. The first kappa shape index (κ1) is 39.2. The molecule has 5 aliphatic rings. The topological polar surface area (TPSA) is 168 Å². The lowest BCUT2D eigenvalue weighted by Crippen LogP contribution is -2.71. The fourth-order valence-corrected chi connectivity index (χ4v) is 11.2. The number of benzene rings is 1. The number of carbonyl (C=O) groups excluding carboxylic acids is 5. The molecular weight excluding hydrogens is 760 g/mol. The third-order valence-corrected chi connectivity index (χ3v) is 13.5. The Balaban J connectivity index is 1.36. The molecule has 0 unspecified atom stereocenters. The summed E-state index contributed by atoms with van der Waals surface area (Å²) in [6.07, 6.45) is -2.20. The Morgan fingerprint density at radius 1 is 0.925 bits per heavy atom. The molecule has 5 fully saturated rings. The van der Waals surface area contributed by atoms with Crippen LogP contribution >= 0.6 is 15.9 Å². The molecule has 1 spiro atoms. The number of rotatable bonds is 12. The van der Waals surface area contributed by atoms with E-state index in [4.69, 9.17) is 42.6 Å². The van der Waals surface area contributed by atoms with Gasteiger partial charge in [0.2, 0.25) is 0 Å². The Bertz CT molecular complexity index is 1630. The van der Waals surface area contributed by atoms with Crippen molar-refractivity contribution < 1.29 is 66.6 Å². The summed E-state index contributed by atoms with van der Waals surface area (Å²) in [5, 5.41) is 0. The number of esters is 5. The van der Waals surface area contributed by atoms with Crippen molar-refractivity contribution in [3.63, 3.8) is 0 Å². The second-order valence-electron chi connectivity index (χ2n) is 14.7. The first-order valence-electron chi connectivity index (χ1n) is 17.7. The number of alkyl halides is 1. The predicted molar refractivity (Wildman–Crippen MR) is 186 cm³/mol. The van der Waals surface area contributed by atoms with Crippen LogP contribution in [0.25, 0.3) is 0 Å². The number of hydrogen-bond acceptors (Lipinski definition) is 14. The van der Waals surface area contributed by atoms with Crippen LogP contribution < -0.4 is 4.74 Å². The Morgan fingerprint density at radius 3 is 2.19 bits per heavy atom. The molecule has 290 valence electrons. The summed E-state index contributed by atoms with van der Waals surface area (Å²) in [6, 6.07) is 7.70. The molecule has 0 aromatic heterocycles. The quantitative estimate of drug-likeness (QED) is 0.0983. The third kappa shape index (κ3) is 6.44. The van der Waals surface area contributed by atoms with E-state index in [2.05, 4.69) is 22.5 Å². The predicted octanol–water partition coefficient (Wildman–Crippen LogP) is 3.84. The van der Waals surface area contributed by atoms with Crippen molar-refractivity contribution in [2.45, 2.75) is 88.1 Å². The van der Waals surface area contributed by atoms with Gasteiger partial charge in [-0.25, -0.2) is 0 Å². The summed E-state index contributed by atoms with van der Waals surface area (Å²) in [5.41, 5.74) is -1.87. The number of ether oxygens (including phenoxy) is 9. The Kier molecular flexibility index (Phi) is 11.1. The maximum atomic E-state index is 14.2. The number of halogens is 1. The lowest BCUT2D eigenvalue weighted by Gasteiger charge is -2.61. The fraction of sp³-hybridized carbons (Fsp3) is 0.658. The summed E-state index contributed by atoms with van der Waals surface area (Å²) in [6.45, 7) is 7.58. The van der Waals surface area contributed by atoms with Gasteiger partial charge in [0.05, 0.1) is 49.2 Å². The molecule has 4 aliphatic carbocycles. The molecule has 1 saturated heterocycles. The number of cyclic esters (lactones) is 1. The van der Waals surface area contributed by atoms with Crippen LogP contribution in [0.1, 0.15) is 52.0 Å². The van der Waals surface area contributed by atoms with Crippen molar-refractivity contribution in [1.29, 1.82) is 0 Å². The normalized spacial score (nSPS) is 38.3. The van der Waals surface area contributed by atoms with Crippen molar-refractivity contribution in [2.75, 3.05) is 34.5 Å². The third-order valence-electron chi connectivity index (χ3n) is 12.2. The summed E-state index contributed by atoms with van der Waals surface area (Å²) >= 11 is 3.90. The molecule has 1 heterocycles. The highest BCUT2D eigenvalue weighted by Crippen LogP contribution is 2.67. The molecule has 12 atom stereocenters. The van der Waals surface area contributed by atoms with E-state index in [1.807, 2.05) is 24.3 Å². The van der Waals surface area contributed by atoms with E-state index in [9.17, 15) is 24.0 Å². The minimum atomic E-state index is -1.86. The molecule has 0 amide bonds. The zero-order valence-corrected chi connectivity index (χ0v) is 32.3. The van der Waals surface area contributed by atoms with E-state index < -0.39 is 83.2 Å². The molecule has 2 bridgehead atoms. The molecular formula is C38H47BrO14. The van der Waals surface area contributed by atoms with Gasteiger partial charge in [-0.1, -0.05) is 34.6 Å². The average Bonchev–Trinajstić information content (AvgIpc) is 3.79.